The Bertz CT molecular complexity index is 1120. The van der Waals surface area contributed by atoms with Crippen LogP contribution >= 0.6 is 0 Å². The molecule has 4 nitrogen and oxygen atoms in total. The minimum absolute atomic E-state index is 0.0279. The minimum Gasteiger partial charge on any atom is -0.366 e. The van der Waals surface area contributed by atoms with E-state index in [-0.39, 0.29) is 27.6 Å². The number of aryl methyl sites for hydroxylation is 1. The molecule has 1 amide bonds. The van der Waals surface area contributed by atoms with Gasteiger partial charge in [0.15, 0.2) is 0 Å². The Balaban J connectivity index is 2.14. The lowest BCUT2D eigenvalue weighted by Crippen LogP contribution is -2.24. The second-order valence-corrected chi connectivity index (χ2v) is 6.89. The van der Waals surface area contributed by atoms with E-state index in [4.69, 9.17) is 5.73 Å². The molecular formula is C20H17F4N3O. The number of carbonyl (C=O) groups is 1. The topological polar surface area (TPSA) is 70.9 Å². The number of amides is 1. The number of H-pyrrole nitrogens is 1. The highest BCUT2D eigenvalue weighted by Gasteiger charge is 2.37. The van der Waals surface area contributed by atoms with Crippen molar-refractivity contribution in [3.8, 4) is 11.1 Å². The highest BCUT2D eigenvalue weighted by Crippen LogP contribution is 2.42. The number of alkyl halides is 3. The van der Waals surface area contributed by atoms with Crippen molar-refractivity contribution in [2.45, 2.75) is 26.1 Å². The van der Waals surface area contributed by atoms with Crippen LogP contribution in [0, 0.1) is 12.7 Å². The Kier molecular flexibility index (Phi) is 4.19. The number of halogens is 4. The summed E-state index contributed by atoms with van der Waals surface area (Å²) in [5.41, 5.74) is 6.13. The Morgan fingerprint density at radius 2 is 2.00 bits per heavy atom. The van der Waals surface area contributed by atoms with Crippen LogP contribution in [-0.4, -0.2) is 17.4 Å². The summed E-state index contributed by atoms with van der Waals surface area (Å²) in [5, 5.41) is 3.24. The number of hydrogen-bond acceptors (Lipinski definition) is 2. The molecule has 1 aromatic heterocycles. The van der Waals surface area contributed by atoms with Crippen LogP contribution in [0.4, 0.5) is 17.6 Å². The number of fused-ring (bicyclic) bond motifs is 2. The Morgan fingerprint density at radius 3 is 2.68 bits per heavy atom. The van der Waals surface area contributed by atoms with Crippen LogP contribution in [0.1, 0.15) is 32.7 Å². The van der Waals surface area contributed by atoms with E-state index in [1.807, 2.05) is 6.07 Å². The van der Waals surface area contributed by atoms with Crippen LogP contribution < -0.4 is 11.1 Å². The Labute approximate surface area is 157 Å². The minimum atomic E-state index is -4.68. The number of nitrogens with two attached hydrogens (primary N) is 1. The molecule has 0 atom stereocenters. The van der Waals surface area contributed by atoms with Crippen LogP contribution in [0.3, 0.4) is 0 Å². The summed E-state index contributed by atoms with van der Waals surface area (Å²) in [6.45, 7) is 2.53. The molecule has 146 valence electrons. The van der Waals surface area contributed by atoms with Crippen molar-refractivity contribution in [3.63, 3.8) is 0 Å². The van der Waals surface area contributed by atoms with E-state index in [9.17, 15) is 18.0 Å². The molecule has 0 unspecified atom stereocenters. The zero-order valence-corrected chi connectivity index (χ0v) is 14.9. The zero-order valence-electron chi connectivity index (χ0n) is 14.9. The van der Waals surface area contributed by atoms with E-state index in [1.165, 1.54) is 6.92 Å². The molecule has 0 radical (unpaired) electrons. The van der Waals surface area contributed by atoms with Gasteiger partial charge in [-0.3, -0.25) is 4.79 Å². The van der Waals surface area contributed by atoms with Crippen molar-refractivity contribution in [1.29, 1.82) is 0 Å². The highest BCUT2D eigenvalue weighted by atomic mass is 19.4. The summed E-state index contributed by atoms with van der Waals surface area (Å²) < 4.78 is 55.6. The first kappa shape index (κ1) is 18.5. The number of benzene rings is 2. The molecule has 1 aliphatic heterocycles. The molecule has 4 N–H and O–H groups in total. The molecule has 28 heavy (non-hydrogen) atoms. The van der Waals surface area contributed by atoms with Crippen LogP contribution in [0.2, 0.25) is 0 Å². The maximum Gasteiger partial charge on any atom is 0.431 e. The third-order valence-corrected chi connectivity index (χ3v) is 5.24. The van der Waals surface area contributed by atoms with Gasteiger partial charge in [-0.15, -0.1) is 0 Å². The van der Waals surface area contributed by atoms with Crippen LogP contribution in [-0.2, 0) is 19.1 Å². The van der Waals surface area contributed by atoms with Crippen LogP contribution in [0.5, 0.6) is 0 Å². The summed E-state index contributed by atoms with van der Waals surface area (Å²) in [7, 11) is 0. The molecule has 4 rings (SSSR count). The quantitative estimate of drug-likeness (QED) is 0.577. The van der Waals surface area contributed by atoms with E-state index in [0.717, 1.165) is 30.2 Å². The number of aromatic amines is 1. The van der Waals surface area contributed by atoms with Gasteiger partial charge in [0.25, 0.3) is 5.91 Å². The molecule has 0 aliphatic carbocycles. The van der Waals surface area contributed by atoms with Gasteiger partial charge < -0.3 is 16.0 Å². The average Bonchev–Trinajstić information content (AvgIpc) is 2.98. The molecule has 1 aliphatic rings. The van der Waals surface area contributed by atoms with Crippen molar-refractivity contribution in [3.05, 3.63) is 58.0 Å². The lowest BCUT2D eigenvalue weighted by Gasteiger charge is -2.21. The predicted molar refractivity (Wildman–Crippen MR) is 97.4 cm³/mol. The summed E-state index contributed by atoms with van der Waals surface area (Å²) in [5.74, 6) is -1.78. The summed E-state index contributed by atoms with van der Waals surface area (Å²) >= 11 is 0. The van der Waals surface area contributed by atoms with Gasteiger partial charge in [0, 0.05) is 17.5 Å². The van der Waals surface area contributed by atoms with Gasteiger partial charge in [-0.05, 0) is 48.2 Å². The SMILES string of the molecule is Cc1c(C(F)(F)F)[nH]c2c(C(N)=O)cc(F)c(-c3cccc4c3CNCC4)c12. The van der Waals surface area contributed by atoms with Crippen molar-refractivity contribution in [2.24, 2.45) is 5.73 Å². The third-order valence-electron chi connectivity index (χ3n) is 5.24. The van der Waals surface area contributed by atoms with Gasteiger partial charge in [-0.2, -0.15) is 13.2 Å². The molecule has 2 heterocycles. The van der Waals surface area contributed by atoms with Gasteiger partial charge in [0.2, 0.25) is 0 Å². The van der Waals surface area contributed by atoms with Gasteiger partial charge in [-0.25, -0.2) is 4.39 Å². The third kappa shape index (κ3) is 2.75. The van der Waals surface area contributed by atoms with Crippen LogP contribution in [0.15, 0.2) is 24.3 Å². The van der Waals surface area contributed by atoms with Gasteiger partial charge >= 0.3 is 6.18 Å². The Morgan fingerprint density at radius 1 is 1.25 bits per heavy atom. The van der Waals surface area contributed by atoms with E-state index in [2.05, 4.69) is 10.3 Å². The number of aromatic nitrogens is 1. The van der Waals surface area contributed by atoms with Crippen molar-refractivity contribution < 1.29 is 22.4 Å². The standard InChI is InChI=1S/C20H17F4N3O/c1-9-15-16(11-4-2-3-10-5-6-26-8-13(10)11)14(21)7-12(19(25)28)17(15)27-18(9)20(22,23)24/h2-4,7,26-27H,5-6,8H2,1H3,(H2,25,28). The van der Waals surface area contributed by atoms with E-state index in [1.54, 1.807) is 12.1 Å². The second kappa shape index (κ2) is 6.34. The van der Waals surface area contributed by atoms with Crippen LogP contribution in [0.25, 0.3) is 22.0 Å². The molecule has 0 saturated carbocycles. The van der Waals surface area contributed by atoms with Gasteiger partial charge in [0.05, 0.1) is 11.1 Å². The smallest absolute Gasteiger partial charge is 0.366 e. The molecule has 0 saturated heterocycles. The molecule has 8 heteroatoms. The Hall–Kier alpha value is -2.87. The molecule has 0 fully saturated rings. The number of carbonyl (C=O) groups excluding carboxylic acids is 1. The number of hydrogen-bond donors (Lipinski definition) is 3. The maximum atomic E-state index is 15.2. The maximum absolute atomic E-state index is 15.2. The highest BCUT2D eigenvalue weighted by molar-refractivity contribution is 6.11. The fraction of sp³-hybridized carbons (Fsp3) is 0.250. The zero-order chi connectivity index (χ0) is 20.2. The summed E-state index contributed by atoms with van der Waals surface area (Å²) in [6, 6.07) is 6.29. The number of rotatable bonds is 2. The first-order valence-electron chi connectivity index (χ1n) is 8.73. The number of primary amides is 1. The van der Waals surface area contributed by atoms with E-state index in [0.29, 0.717) is 12.1 Å². The van der Waals surface area contributed by atoms with E-state index < -0.39 is 23.6 Å². The molecular weight excluding hydrogens is 374 g/mol. The largest absolute Gasteiger partial charge is 0.431 e. The predicted octanol–water partition coefficient (Wildman–Crippen LogP) is 4.05. The molecule has 0 bridgehead atoms. The average molecular weight is 391 g/mol. The first-order chi connectivity index (χ1) is 13.2. The summed E-state index contributed by atoms with van der Waals surface area (Å²) in [4.78, 5) is 14.0. The second-order valence-electron chi connectivity index (χ2n) is 6.89. The number of nitrogens with one attached hydrogen (secondary N) is 2. The monoisotopic (exact) mass is 391 g/mol. The fourth-order valence-corrected chi connectivity index (χ4v) is 3.99. The van der Waals surface area contributed by atoms with Crippen molar-refractivity contribution in [2.75, 3.05) is 6.54 Å². The lowest BCUT2D eigenvalue weighted by atomic mass is 9.88. The molecule has 2 aromatic carbocycles. The first-order valence-corrected chi connectivity index (χ1v) is 8.73. The lowest BCUT2D eigenvalue weighted by molar-refractivity contribution is -0.141. The van der Waals surface area contributed by atoms with E-state index >= 15 is 4.39 Å². The van der Waals surface area contributed by atoms with Gasteiger partial charge in [0.1, 0.15) is 11.5 Å². The normalized spacial score (nSPS) is 14.3. The molecule has 3 aromatic rings. The van der Waals surface area contributed by atoms with Gasteiger partial charge in [-0.1, -0.05) is 18.2 Å². The van der Waals surface area contributed by atoms with Crippen molar-refractivity contribution >= 4 is 16.8 Å². The fourth-order valence-electron chi connectivity index (χ4n) is 3.99. The van der Waals surface area contributed by atoms with Crippen molar-refractivity contribution in [1.82, 2.24) is 10.3 Å². The summed E-state index contributed by atoms with van der Waals surface area (Å²) in [6.07, 6.45) is -3.93. The molecule has 0 spiro atoms.